The van der Waals surface area contributed by atoms with Gasteiger partial charge in [0, 0.05) is 27.4 Å². The van der Waals surface area contributed by atoms with E-state index in [9.17, 15) is 14.4 Å². The minimum absolute atomic E-state index is 0.234. The number of amides is 1. The molecule has 1 amide bonds. The Balaban J connectivity index is 1.49. The second-order valence-electron chi connectivity index (χ2n) is 7.83. The lowest BCUT2D eigenvalue weighted by molar-refractivity contribution is 0.0280. The summed E-state index contributed by atoms with van der Waals surface area (Å²) in [6.07, 6.45) is -1.15. The maximum Gasteiger partial charge on any atom is 0.339 e. The Labute approximate surface area is 213 Å². The number of carbonyl (C=O) groups is 3. The lowest BCUT2D eigenvalue weighted by Crippen LogP contribution is -2.20. The number of carbonyl (C=O) groups excluding carboxylic acids is 3. The molecule has 0 saturated heterocycles. The summed E-state index contributed by atoms with van der Waals surface area (Å²) >= 11 is 5.99. The number of hydrogen-bond acceptors (Lipinski definition) is 5. The van der Waals surface area contributed by atoms with Crippen molar-refractivity contribution in [1.82, 2.24) is 0 Å². The highest BCUT2D eigenvalue weighted by Gasteiger charge is 2.27. The molecule has 4 aromatic carbocycles. The molecule has 0 spiro atoms. The first kappa shape index (κ1) is 24.7. The van der Waals surface area contributed by atoms with E-state index in [1.165, 1.54) is 12.1 Å². The summed E-state index contributed by atoms with van der Waals surface area (Å²) in [7, 11) is 1.55. The van der Waals surface area contributed by atoms with Crippen LogP contribution in [0, 0.1) is 0 Å². The number of rotatable bonds is 8. The maximum atomic E-state index is 13.2. The van der Waals surface area contributed by atoms with Crippen LogP contribution in [0.3, 0.4) is 0 Å². The van der Waals surface area contributed by atoms with Crippen LogP contribution in [-0.2, 0) is 4.74 Å². The largest absolute Gasteiger partial charge is 0.497 e. The Morgan fingerprint density at radius 2 is 1.33 bits per heavy atom. The van der Waals surface area contributed by atoms with E-state index in [1.54, 1.807) is 98.1 Å². The molecule has 0 radical (unpaired) electrons. The molecule has 0 bridgehead atoms. The lowest BCUT2D eigenvalue weighted by Gasteiger charge is -2.18. The number of anilines is 1. The van der Waals surface area contributed by atoms with Crippen molar-refractivity contribution in [3.8, 4) is 5.75 Å². The molecule has 0 unspecified atom stereocenters. The second kappa shape index (κ2) is 11.3. The van der Waals surface area contributed by atoms with Gasteiger partial charge < -0.3 is 14.8 Å². The lowest BCUT2D eigenvalue weighted by atomic mass is 9.99. The van der Waals surface area contributed by atoms with Crippen LogP contribution in [0.25, 0.3) is 0 Å². The van der Waals surface area contributed by atoms with E-state index in [1.807, 2.05) is 0 Å². The van der Waals surface area contributed by atoms with Gasteiger partial charge in [-0.05, 0) is 60.7 Å². The summed E-state index contributed by atoms with van der Waals surface area (Å²) in [5.74, 6) is -0.678. The minimum atomic E-state index is -1.15. The SMILES string of the molecule is COc1ccc(C(=O)Nc2ccc(C(=O)O[C@H](C(=O)c3ccccc3)c3ccc(Cl)cc3)cc2)cc1. The molecule has 36 heavy (non-hydrogen) atoms. The van der Waals surface area contributed by atoms with Crippen molar-refractivity contribution in [2.24, 2.45) is 0 Å². The van der Waals surface area contributed by atoms with Gasteiger partial charge in [-0.2, -0.15) is 0 Å². The van der Waals surface area contributed by atoms with Crippen molar-refractivity contribution < 1.29 is 23.9 Å². The fourth-order valence-corrected chi connectivity index (χ4v) is 3.60. The summed E-state index contributed by atoms with van der Waals surface area (Å²) in [4.78, 5) is 38.6. The number of methoxy groups -OCH3 is 1. The van der Waals surface area contributed by atoms with Crippen molar-refractivity contribution in [3.63, 3.8) is 0 Å². The van der Waals surface area contributed by atoms with Gasteiger partial charge in [-0.15, -0.1) is 0 Å². The van der Waals surface area contributed by atoms with Crippen LogP contribution in [0.5, 0.6) is 5.75 Å². The van der Waals surface area contributed by atoms with Gasteiger partial charge in [-0.3, -0.25) is 9.59 Å². The molecular formula is C29H22ClNO5. The van der Waals surface area contributed by atoms with E-state index in [0.717, 1.165) is 0 Å². The average molecular weight is 500 g/mol. The van der Waals surface area contributed by atoms with Crippen LogP contribution in [0.4, 0.5) is 5.69 Å². The zero-order valence-electron chi connectivity index (χ0n) is 19.3. The summed E-state index contributed by atoms with van der Waals surface area (Å²) < 4.78 is 10.8. The zero-order chi connectivity index (χ0) is 25.5. The molecule has 4 rings (SSSR count). The molecular weight excluding hydrogens is 478 g/mol. The molecule has 0 aliphatic heterocycles. The van der Waals surface area contributed by atoms with Gasteiger partial charge in [0.2, 0.25) is 5.78 Å². The average Bonchev–Trinajstić information content (AvgIpc) is 2.92. The first-order chi connectivity index (χ1) is 17.4. The molecule has 7 heteroatoms. The van der Waals surface area contributed by atoms with Crippen molar-refractivity contribution in [2.45, 2.75) is 6.10 Å². The van der Waals surface area contributed by atoms with Gasteiger partial charge in [0.15, 0.2) is 6.10 Å². The Kier molecular flexibility index (Phi) is 7.78. The third kappa shape index (κ3) is 5.98. The van der Waals surface area contributed by atoms with Crippen molar-refractivity contribution >= 4 is 34.9 Å². The number of esters is 1. The summed E-state index contributed by atoms with van der Waals surface area (Å²) in [6, 6.07) is 28.1. The molecule has 0 heterocycles. The van der Waals surface area contributed by atoms with E-state index in [-0.39, 0.29) is 17.3 Å². The van der Waals surface area contributed by atoms with Gasteiger partial charge in [-0.25, -0.2) is 4.79 Å². The number of nitrogens with one attached hydrogen (secondary N) is 1. The number of halogens is 1. The van der Waals surface area contributed by atoms with Crippen LogP contribution >= 0.6 is 11.6 Å². The highest BCUT2D eigenvalue weighted by Crippen LogP contribution is 2.26. The minimum Gasteiger partial charge on any atom is -0.497 e. The van der Waals surface area contributed by atoms with E-state index in [4.69, 9.17) is 21.1 Å². The molecule has 1 N–H and O–H groups in total. The van der Waals surface area contributed by atoms with Crippen molar-refractivity contribution in [2.75, 3.05) is 12.4 Å². The number of hydrogen-bond donors (Lipinski definition) is 1. The number of Topliss-reactive ketones (excluding diaryl/α,β-unsaturated/α-hetero) is 1. The standard InChI is InChI=1S/C29H22ClNO5/c1-35-25-17-11-21(12-18-25)28(33)31-24-15-9-22(10-16-24)29(34)36-27(20-7-13-23(30)14-8-20)26(32)19-5-3-2-4-6-19/h2-18,27H,1H3,(H,31,33)/t27-/m0/s1. The van der Waals surface area contributed by atoms with Gasteiger partial charge in [0.1, 0.15) is 5.75 Å². The molecule has 0 aliphatic rings. The van der Waals surface area contributed by atoms with Crippen molar-refractivity contribution in [3.05, 3.63) is 130 Å². The molecule has 0 aliphatic carbocycles. The molecule has 0 saturated carbocycles. The molecule has 6 nitrogen and oxygen atoms in total. The first-order valence-electron chi connectivity index (χ1n) is 11.1. The Morgan fingerprint density at radius 1 is 0.722 bits per heavy atom. The monoisotopic (exact) mass is 499 g/mol. The summed E-state index contributed by atoms with van der Waals surface area (Å²) in [5, 5.41) is 3.28. The third-order valence-electron chi connectivity index (χ3n) is 5.42. The topological polar surface area (TPSA) is 81.7 Å². The van der Waals surface area contributed by atoms with E-state index in [2.05, 4.69) is 5.32 Å². The number of ketones is 1. The molecule has 0 fully saturated rings. The fraction of sp³-hybridized carbons (Fsp3) is 0.0690. The predicted molar refractivity (Wildman–Crippen MR) is 138 cm³/mol. The smallest absolute Gasteiger partial charge is 0.339 e. The number of benzene rings is 4. The number of ether oxygens (including phenoxy) is 2. The van der Waals surface area contributed by atoms with Gasteiger partial charge in [0.05, 0.1) is 12.7 Å². The van der Waals surface area contributed by atoms with Gasteiger partial charge >= 0.3 is 5.97 Å². The van der Waals surface area contributed by atoms with Crippen LogP contribution in [0.1, 0.15) is 42.7 Å². The third-order valence-corrected chi connectivity index (χ3v) is 5.68. The quantitative estimate of drug-likeness (QED) is 0.224. The van der Waals surface area contributed by atoms with Gasteiger partial charge in [0.25, 0.3) is 5.91 Å². The van der Waals surface area contributed by atoms with E-state index >= 15 is 0 Å². The first-order valence-corrected chi connectivity index (χ1v) is 11.4. The Hall–Kier alpha value is -4.42. The highest BCUT2D eigenvalue weighted by molar-refractivity contribution is 6.30. The van der Waals surface area contributed by atoms with Crippen LogP contribution < -0.4 is 10.1 Å². The van der Waals surface area contributed by atoms with Crippen LogP contribution in [0.2, 0.25) is 5.02 Å². The molecule has 4 aromatic rings. The van der Waals surface area contributed by atoms with Crippen LogP contribution in [0.15, 0.2) is 103 Å². The second-order valence-corrected chi connectivity index (χ2v) is 8.26. The maximum absolute atomic E-state index is 13.2. The van der Waals surface area contributed by atoms with E-state index in [0.29, 0.717) is 33.1 Å². The summed E-state index contributed by atoms with van der Waals surface area (Å²) in [6.45, 7) is 0. The van der Waals surface area contributed by atoms with Crippen molar-refractivity contribution in [1.29, 1.82) is 0 Å². The Morgan fingerprint density at radius 3 is 1.94 bits per heavy atom. The Bertz CT molecular complexity index is 1350. The molecule has 1 atom stereocenters. The molecule has 180 valence electrons. The normalized spacial score (nSPS) is 11.3. The highest BCUT2D eigenvalue weighted by atomic mass is 35.5. The van der Waals surface area contributed by atoms with E-state index < -0.39 is 12.1 Å². The predicted octanol–water partition coefficient (Wildman–Crippen LogP) is 6.38. The molecule has 0 aromatic heterocycles. The summed E-state index contributed by atoms with van der Waals surface area (Å²) in [5.41, 5.74) is 2.12. The zero-order valence-corrected chi connectivity index (χ0v) is 20.1. The fourth-order valence-electron chi connectivity index (χ4n) is 3.47. The van der Waals surface area contributed by atoms with Crippen LogP contribution in [-0.4, -0.2) is 24.8 Å². The van der Waals surface area contributed by atoms with Gasteiger partial charge in [-0.1, -0.05) is 54.1 Å².